The van der Waals surface area contributed by atoms with E-state index in [2.05, 4.69) is 4.74 Å². The SMILES string of the molecule is O=C(CC1O[C@H](CO)[C@@H](O)[C@H](O)[C@H]1O)OC(=O)c1ccccc1O. The maximum absolute atomic E-state index is 11.8. The number of carbonyl (C=O) groups excluding carboxylic acids is 2. The number of benzene rings is 1. The standard InChI is InChI=1S/C15H18O9/c16-6-10-13(20)14(21)12(19)9(23-10)5-11(18)24-15(22)7-3-1-2-4-8(7)17/h1-4,9-10,12-14,16-17,19-21H,5-6H2/t9?,10-,12+,13-,14-/m1/s1. The molecule has 0 radical (unpaired) electrons. The molecule has 1 aromatic rings. The molecule has 0 saturated carbocycles. The van der Waals surface area contributed by atoms with Gasteiger partial charge in [-0.15, -0.1) is 0 Å². The molecular weight excluding hydrogens is 324 g/mol. The minimum absolute atomic E-state index is 0.209. The first-order valence-electron chi connectivity index (χ1n) is 7.18. The molecule has 0 aromatic heterocycles. The van der Waals surface area contributed by atoms with Crippen LogP contribution in [-0.2, 0) is 14.3 Å². The normalized spacial score (nSPS) is 29.9. The summed E-state index contributed by atoms with van der Waals surface area (Å²) in [6.45, 7) is -0.632. The summed E-state index contributed by atoms with van der Waals surface area (Å²) < 4.78 is 9.70. The molecule has 0 bridgehead atoms. The average Bonchev–Trinajstić information content (AvgIpc) is 2.55. The van der Waals surface area contributed by atoms with E-state index in [1.54, 1.807) is 0 Å². The highest BCUT2D eigenvalue weighted by Crippen LogP contribution is 2.24. The minimum atomic E-state index is -1.62. The van der Waals surface area contributed by atoms with Crippen molar-refractivity contribution in [2.75, 3.05) is 6.61 Å². The van der Waals surface area contributed by atoms with Crippen LogP contribution >= 0.6 is 0 Å². The summed E-state index contributed by atoms with van der Waals surface area (Å²) >= 11 is 0. The molecule has 0 amide bonds. The van der Waals surface area contributed by atoms with Crippen LogP contribution in [0, 0.1) is 0 Å². The van der Waals surface area contributed by atoms with Crippen LogP contribution in [0.15, 0.2) is 24.3 Å². The number of aliphatic hydroxyl groups is 4. The maximum atomic E-state index is 11.8. The van der Waals surface area contributed by atoms with Gasteiger partial charge in [0.2, 0.25) is 0 Å². The molecule has 24 heavy (non-hydrogen) atoms. The zero-order chi connectivity index (χ0) is 17.9. The predicted octanol–water partition coefficient (Wildman–Crippen LogP) is -1.69. The third-order valence-corrected chi connectivity index (χ3v) is 3.69. The number of aliphatic hydroxyl groups excluding tert-OH is 4. The van der Waals surface area contributed by atoms with Crippen molar-refractivity contribution in [2.24, 2.45) is 0 Å². The summed E-state index contributed by atoms with van der Waals surface area (Å²) in [4.78, 5) is 23.6. The molecule has 1 heterocycles. The lowest BCUT2D eigenvalue weighted by molar-refractivity contribution is -0.231. The Balaban J connectivity index is 1.99. The topological polar surface area (TPSA) is 154 Å². The van der Waals surface area contributed by atoms with E-state index in [0.29, 0.717) is 0 Å². The van der Waals surface area contributed by atoms with Crippen molar-refractivity contribution in [1.29, 1.82) is 0 Å². The van der Waals surface area contributed by atoms with Crippen molar-refractivity contribution in [2.45, 2.75) is 36.9 Å². The van der Waals surface area contributed by atoms with Gasteiger partial charge in [0.15, 0.2) is 0 Å². The third-order valence-electron chi connectivity index (χ3n) is 3.69. The number of ether oxygens (including phenoxy) is 2. The molecule has 1 saturated heterocycles. The summed E-state index contributed by atoms with van der Waals surface area (Å²) in [5.41, 5.74) is -0.209. The molecular formula is C15H18O9. The molecule has 5 N–H and O–H groups in total. The van der Waals surface area contributed by atoms with E-state index in [0.717, 1.165) is 0 Å². The molecule has 1 aliphatic rings. The Kier molecular flexibility index (Phi) is 5.86. The highest BCUT2D eigenvalue weighted by molar-refractivity contribution is 5.98. The van der Waals surface area contributed by atoms with Gasteiger partial charge in [-0.25, -0.2) is 4.79 Å². The van der Waals surface area contributed by atoms with Crippen LogP contribution in [0.3, 0.4) is 0 Å². The fourth-order valence-corrected chi connectivity index (χ4v) is 2.36. The molecule has 132 valence electrons. The minimum Gasteiger partial charge on any atom is -0.507 e. The first-order chi connectivity index (χ1) is 11.3. The summed E-state index contributed by atoms with van der Waals surface area (Å²) in [5.74, 6) is -2.50. The number of aromatic hydroxyl groups is 1. The molecule has 1 unspecified atom stereocenters. The van der Waals surface area contributed by atoms with E-state index in [-0.39, 0.29) is 11.3 Å². The van der Waals surface area contributed by atoms with E-state index in [1.165, 1.54) is 24.3 Å². The molecule has 2 rings (SSSR count). The van der Waals surface area contributed by atoms with Crippen molar-refractivity contribution in [3.05, 3.63) is 29.8 Å². The van der Waals surface area contributed by atoms with Crippen LogP contribution in [-0.4, -0.2) is 74.6 Å². The van der Waals surface area contributed by atoms with Gasteiger partial charge in [0.1, 0.15) is 35.7 Å². The fourth-order valence-electron chi connectivity index (χ4n) is 2.36. The lowest BCUT2D eigenvalue weighted by atomic mass is 9.93. The number of hydrogen-bond donors (Lipinski definition) is 5. The Labute approximate surface area is 136 Å². The van der Waals surface area contributed by atoms with Gasteiger partial charge in [-0.05, 0) is 12.1 Å². The number of para-hydroxylation sites is 1. The van der Waals surface area contributed by atoms with Crippen LogP contribution in [0.4, 0.5) is 0 Å². The second-order valence-electron chi connectivity index (χ2n) is 5.35. The summed E-state index contributed by atoms with van der Waals surface area (Å²) in [7, 11) is 0. The zero-order valence-electron chi connectivity index (χ0n) is 12.5. The lowest BCUT2D eigenvalue weighted by Gasteiger charge is -2.39. The largest absolute Gasteiger partial charge is 0.507 e. The highest BCUT2D eigenvalue weighted by Gasteiger charge is 2.44. The number of phenols is 1. The Bertz CT molecular complexity index is 600. The van der Waals surface area contributed by atoms with Gasteiger partial charge in [-0.2, -0.15) is 0 Å². The molecule has 9 heteroatoms. The Morgan fingerprint density at radius 2 is 1.67 bits per heavy atom. The molecule has 1 fully saturated rings. The third kappa shape index (κ3) is 3.89. The summed E-state index contributed by atoms with van der Waals surface area (Å²) in [6.07, 6.45) is -7.79. The van der Waals surface area contributed by atoms with Crippen LogP contribution in [0.2, 0.25) is 0 Å². The summed E-state index contributed by atoms with van der Waals surface area (Å²) in [5, 5.41) is 47.7. The van der Waals surface area contributed by atoms with Crippen molar-refractivity contribution >= 4 is 11.9 Å². The van der Waals surface area contributed by atoms with Crippen molar-refractivity contribution in [3.8, 4) is 5.75 Å². The number of hydrogen-bond acceptors (Lipinski definition) is 9. The molecule has 0 aliphatic carbocycles. The van der Waals surface area contributed by atoms with Crippen LogP contribution in [0.25, 0.3) is 0 Å². The van der Waals surface area contributed by atoms with Crippen LogP contribution < -0.4 is 0 Å². The van der Waals surface area contributed by atoms with Crippen LogP contribution in [0.5, 0.6) is 5.75 Å². The van der Waals surface area contributed by atoms with E-state index in [4.69, 9.17) is 9.84 Å². The molecule has 9 nitrogen and oxygen atoms in total. The maximum Gasteiger partial charge on any atom is 0.349 e. The van der Waals surface area contributed by atoms with Gasteiger partial charge < -0.3 is 35.0 Å². The number of rotatable bonds is 4. The van der Waals surface area contributed by atoms with Gasteiger partial charge >= 0.3 is 11.9 Å². The van der Waals surface area contributed by atoms with Gasteiger partial charge in [-0.1, -0.05) is 12.1 Å². The first-order valence-corrected chi connectivity index (χ1v) is 7.18. The first kappa shape index (κ1) is 18.3. The van der Waals surface area contributed by atoms with Gasteiger partial charge in [-0.3, -0.25) is 4.79 Å². The Morgan fingerprint density at radius 3 is 2.29 bits per heavy atom. The van der Waals surface area contributed by atoms with Gasteiger partial charge in [0.25, 0.3) is 0 Å². The summed E-state index contributed by atoms with van der Waals surface area (Å²) in [6, 6.07) is 5.47. The second-order valence-corrected chi connectivity index (χ2v) is 5.35. The molecule has 0 spiro atoms. The number of carbonyl (C=O) groups is 2. The lowest BCUT2D eigenvalue weighted by Crippen LogP contribution is -2.58. The van der Waals surface area contributed by atoms with Gasteiger partial charge in [0.05, 0.1) is 19.1 Å². The Morgan fingerprint density at radius 1 is 1.04 bits per heavy atom. The second kappa shape index (κ2) is 7.69. The van der Waals surface area contributed by atoms with Gasteiger partial charge in [0, 0.05) is 0 Å². The molecule has 5 atom stereocenters. The molecule has 1 aliphatic heterocycles. The van der Waals surface area contributed by atoms with Crippen LogP contribution in [0.1, 0.15) is 16.8 Å². The fraction of sp³-hybridized carbons (Fsp3) is 0.467. The number of phenolic OH excluding ortho intramolecular Hbond substituents is 1. The van der Waals surface area contributed by atoms with E-state index < -0.39 is 55.5 Å². The Hall–Kier alpha value is -2.04. The number of esters is 2. The monoisotopic (exact) mass is 342 g/mol. The van der Waals surface area contributed by atoms with E-state index in [9.17, 15) is 30.0 Å². The van der Waals surface area contributed by atoms with E-state index in [1.807, 2.05) is 0 Å². The molecule has 1 aromatic carbocycles. The predicted molar refractivity (Wildman–Crippen MR) is 76.9 cm³/mol. The zero-order valence-corrected chi connectivity index (χ0v) is 12.5. The smallest absolute Gasteiger partial charge is 0.349 e. The average molecular weight is 342 g/mol. The highest BCUT2D eigenvalue weighted by atomic mass is 16.6. The van der Waals surface area contributed by atoms with Crippen molar-refractivity contribution < 1.29 is 44.6 Å². The van der Waals surface area contributed by atoms with Crippen molar-refractivity contribution in [1.82, 2.24) is 0 Å². The van der Waals surface area contributed by atoms with Crippen molar-refractivity contribution in [3.63, 3.8) is 0 Å². The quantitative estimate of drug-likeness (QED) is 0.318. The van der Waals surface area contributed by atoms with E-state index >= 15 is 0 Å².